The molecule has 0 atom stereocenters. The number of rotatable bonds is 3. The Kier molecular flexibility index (Phi) is 5.06. The molecule has 0 fully saturated rings. The Bertz CT molecular complexity index is 1450. The molecular formula is C25H23N3O3S. The van der Waals surface area contributed by atoms with Crippen LogP contribution in [0.5, 0.6) is 0 Å². The average Bonchev–Trinajstić information content (AvgIpc) is 3.17. The van der Waals surface area contributed by atoms with Gasteiger partial charge in [-0.2, -0.15) is 0 Å². The van der Waals surface area contributed by atoms with Gasteiger partial charge >= 0.3 is 5.69 Å². The predicted molar refractivity (Wildman–Crippen MR) is 127 cm³/mol. The fraction of sp³-hybridized carbons (Fsp3) is 0.240. The number of carbonyl (C=O) groups excluding carboxylic acids is 1. The summed E-state index contributed by atoms with van der Waals surface area (Å²) < 4.78 is 2.99. The molecule has 0 saturated heterocycles. The number of hydrogen-bond acceptors (Lipinski definition) is 4. The van der Waals surface area contributed by atoms with Crippen molar-refractivity contribution >= 4 is 27.5 Å². The molecule has 0 bridgehead atoms. The number of aryl methyl sites for hydroxylation is 1. The van der Waals surface area contributed by atoms with Gasteiger partial charge in [0.05, 0.1) is 24.2 Å². The van der Waals surface area contributed by atoms with Crippen molar-refractivity contribution in [1.29, 1.82) is 0 Å². The Labute approximate surface area is 189 Å². The zero-order chi connectivity index (χ0) is 22.4. The lowest BCUT2D eigenvalue weighted by molar-refractivity contribution is -0.129. The fourth-order valence-corrected chi connectivity index (χ4v) is 5.65. The summed E-state index contributed by atoms with van der Waals surface area (Å²) >= 11 is 1.46. The number of aromatic nitrogens is 2. The standard InChI is InChI=1S/C25H23N3O3S/c1-16-8-10-19(11-9-16)28-23(30)22-20-12-13-26(17(2)29)15-21(20)32-24(22)27(25(28)31)14-18-6-4-3-5-7-18/h3-11H,12-15H2,1-2H3. The molecule has 1 amide bonds. The van der Waals surface area contributed by atoms with Crippen molar-refractivity contribution in [3.05, 3.63) is 97.0 Å². The van der Waals surface area contributed by atoms with E-state index >= 15 is 0 Å². The van der Waals surface area contributed by atoms with Crippen LogP contribution in [0, 0.1) is 6.92 Å². The molecule has 3 heterocycles. The van der Waals surface area contributed by atoms with Crippen molar-refractivity contribution in [1.82, 2.24) is 14.0 Å². The molecule has 0 aliphatic carbocycles. The van der Waals surface area contributed by atoms with Gasteiger partial charge in [0.25, 0.3) is 5.56 Å². The summed E-state index contributed by atoms with van der Waals surface area (Å²) in [6, 6.07) is 17.2. The van der Waals surface area contributed by atoms with Gasteiger partial charge in [-0.25, -0.2) is 9.36 Å². The molecule has 0 radical (unpaired) electrons. The quantitative estimate of drug-likeness (QED) is 0.485. The van der Waals surface area contributed by atoms with Gasteiger partial charge in [-0.1, -0.05) is 48.0 Å². The van der Waals surface area contributed by atoms with Crippen molar-refractivity contribution in [2.45, 2.75) is 33.4 Å². The first kappa shape index (κ1) is 20.5. The number of nitrogens with zero attached hydrogens (tertiary/aromatic N) is 3. The molecule has 4 aromatic rings. The van der Waals surface area contributed by atoms with Gasteiger partial charge in [0.1, 0.15) is 4.83 Å². The van der Waals surface area contributed by atoms with E-state index in [1.807, 2.05) is 61.5 Å². The maximum absolute atomic E-state index is 13.7. The van der Waals surface area contributed by atoms with Crippen molar-refractivity contribution in [2.75, 3.05) is 6.54 Å². The normalized spacial score (nSPS) is 13.4. The lowest BCUT2D eigenvalue weighted by Crippen LogP contribution is -2.39. The number of thiophene rings is 1. The van der Waals surface area contributed by atoms with E-state index in [9.17, 15) is 14.4 Å². The minimum atomic E-state index is -0.350. The molecule has 7 heteroatoms. The van der Waals surface area contributed by atoms with Crippen LogP contribution >= 0.6 is 11.3 Å². The van der Waals surface area contributed by atoms with Crippen molar-refractivity contribution in [2.24, 2.45) is 0 Å². The summed E-state index contributed by atoms with van der Waals surface area (Å²) in [7, 11) is 0. The van der Waals surface area contributed by atoms with E-state index in [4.69, 9.17) is 0 Å². The smallest absolute Gasteiger partial charge is 0.337 e. The Morgan fingerprint density at radius 2 is 1.75 bits per heavy atom. The van der Waals surface area contributed by atoms with Gasteiger partial charge in [-0.05, 0) is 36.6 Å². The average molecular weight is 446 g/mol. The minimum Gasteiger partial charge on any atom is -0.337 e. The van der Waals surface area contributed by atoms with Crippen LogP contribution in [0.3, 0.4) is 0 Å². The molecule has 2 aromatic carbocycles. The zero-order valence-electron chi connectivity index (χ0n) is 18.0. The van der Waals surface area contributed by atoms with Gasteiger partial charge in [-0.3, -0.25) is 14.2 Å². The van der Waals surface area contributed by atoms with Crippen LogP contribution < -0.4 is 11.2 Å². The number of carbonyl (C=O) groups is 1. The predicted octanol–water partition coefficient (Wildman–Crippen LogP) is 3.48. The third-order valence-corrected chi connectivity index (χ3v) is 7.28. The third-order valence-electron chi connectivity index (χ3n) is 6.04. The van der Waals surface area contributed by atoms with Crippen molar-refractivity contribution in [3.8, 4) is 5.69 Å². The van der Waals surface area contributed by atoms with Crippen molar-refractivity contribution in [3.63, 3.8) is 0 Å². The second-order valence-corrected chi connectivity index (χ2v) is 9.29. The highest BCUT2D eigenvalue weighted by molar-refractivity contribution is 7.18. The summed E-state index contributed by atoms with van der Waals surface area (Å²) in [5, 5.41) is 0.601. The van der Waals surface area contributed by atoms with Gasteiger partial charge in [0.2, 0.25) is 5.91 Å². The van der Waals surface area contributed by atoms with E-state index in [0.29, 0.717) is 42.0 Å². The molecule has 2 aromatic heterocycles. The van der Waals surface area contributed by atoms with Crippen LogP contribution in [-0.4, -0.2) is 26.5 Å². The van der Waals surface area contributed by atoms with Crippen LogP contribution in [0.15, 0.2) is 64.2 Å². The first-order valence-electron chi connectivity index (χ1n) is 10.6. The van der Waals surface area contributed by atoms with E-state index < -0.39 is 0 Å². The molecule has 6 nitrogen and oxygen atoms in total. The summed E-state index contributed by atoms with van der Waals surface area (Å²) in [5.74, 6) is 0.0202. The van der Waals surface area contributed by atoms with Gasteiger partial charge in [0, 0.05) is 18.3 Å². The molecular weight excluding hydrogens is 422 g/mol. The lowest BCUT2D eigenvalue weighted by Gasteiger charge is -2.25. The largest absolute Gasteiger partial charge is 0.337 e. The molecule has 0 unspecified atom stereocenters. The van der Waals surface area contributed by atoms with E-state index in [1.165, 1.54) is 15.9 Å². The minimum absolute atomic E-state index is 0.0202. The maximum atomic E-state index is 13.7. The summed E-state index contributed by atoms with van der Waals surface area (Å²) in [6.07, 6.45) is 0.613. The number of fused-ring (bicyclic) bond motifs is 3. The van der Waals surface area contributed by atoms with Gasteiger partial charge in [0.15, 0.2) is 0 Å². The molecule has 162 valence electrons. The summed E-state index contributed by atoms with van der Waals surface area (Å²) in [5.41, 5.74) is 2.95. The lowest BCUT2D eigenvalue weighted by atomic mass is 10.1. The van der Waals surface area contributed by atoms with E-state index in [1.54, 1.807) is 16.4 Å². The first-order chi connectivity index (χ1) is 15.4. The molecule has 32 heavy (non-hydrogen) atoms. The highest BCUT2D eigenvalue weighted by atomic mass is 32.1. The zero-order valence-corrected chi connectivity index (χ0v) is 18.8. The Morgan fingerprint density at radius 1 is 1.03 bits per heavy atom. The summed E-state index contributed by atoms with van der Waals surface area (Å²) in [4.78, 5) is 42.7. The van der Waals surface area contributed by atoms with Crippen LogP contribution in [0.1, 0.15) is 28.5 Å². The summed E-state index contributed by atoms with van der Waals surface area (Å²) in [6.45, 7) is 4.97. The van der Waals surface area contributed by atoms with Gasteiger partial charge < -0.3 is 4.90 Å². The SMILES string of the molecule is CC(=O)N1CCc2c(sc3c2c(=O)n(-c2ccc(C)cc2)c(=O)n3Cc2ccccc2)C1. The number of amides is 1. The number of hydrogen-bond donors (Lipinski definition) is 0. The van der Waals surface area contributed by atoms with E-state index in [0.717, 1.165) is 21.6 Å². The fourth-order valence-electron chi connectivity index (χ4n) is 4.30. The molecule has 0 spiro atoms. The number of benzene rings is 2. The van der Waals surface area contributed by atoms with E-state index in [-0.39, 0.29) is 17.2 Å². The topological polar surface area (TPSA) is 64.3 Å². The van der Waals surface area contributed by atoms with Crippen LogP contribution in [0.2, 0.25) is 0 Å². The van der Waals surface area contributed by atoms with E-state index in [2.05, 4.69) is 0 Å². The highest BCUT2D eigenvalue weighted by Gasteiger charge is 2.27. The third kappa shape index (κ3) is 3.39. The maximum Gasteiger partial charge on any atom is 0.337 e. The molecule has 5 rings (SSSR count). The Morgan fingerprint density at radius 3 is 2.44 bits per heavy atom. The molecule has 0 saturated carbocycles. The molecule has 1 aliphatic heterocycles. The highest BCUT2D eigenvalue weighted by Crippen LogP contribution is 2.33. The molecule has 1 aliphatic rings. The monoisotopic (exact) mass is 445 g/mol. The Balaban J connectivity index is 1.80. The van der Waals surface area contributed by atoms with Crippen LogP contribution in [-0.2, 0) is 24.3 Å². The van der Waals surface area contributed by atoms with Crippen molar-refractivity contribution < 1.29 is 4.79 Å². The van der Waals surface area contributed by atoms with Gasteiger partial charge in [-0.15, -0.1) is 11.3 Å². The molecule has 0 N–H and O–H groups in total. The Hall–Kier alpha value is -3.45. The van der Waals surface area contributed by atoms with Crippen LogP contribution in [0.4, 0.5) is 0 Å². The van der Waals surface area contributed by atoms with Crippen LogP contribution in [0.25, 0.3) is 15.9 Å². The second kappa shape index (κ2) is 7.91. The second-order valence-electron chi connectivity index (χ2n) is 8.20. The first-order valence-corrected chi connectivity index (χ1v) is 11.4.